The highest BCUT2D eigenvalue weighted by Crippen LogP contribution is 2.29. The molecule has 0 fully saturated rings. The van der Waals surface area contributed by atoms with Gasteiger partial charge in [0.1, 0.15) is 10.7 Å². The third-order valence-electron chi connectivity index (χ3n) is 5.81. The van der Waals surface area contributed by atoms with Crippen molar-refractivity contribution in [1.29, 1.82) is 0 Å². The number of nitrogens with one attached hydrogen (secondary N) is 3. The number of carbonyl (C=O) groups is 1. The molecular formula is C26H23N5O9S2. The van der Waals surface area contributed by atoms with Gasteiger partial charge in [-0.15, -0.1) is 0 Å². The average Bonchev–Trinajstić information content (AvgIpc) is 3.49. The van der Waals surface area contributed by atoms with Crippen molar-refractivity contribution in [2.75, 3.05) is 10.1 Å². The van der Waals surface area contributed by atoms with Crippen LogP contribution >= 0.6 is 0 Å². The molecule has 1 heterocycles. The van der Waals surface area contributed by atoms with E-state index in [1.807, 2.05) is 0 Å². The first-order chi connectivity index (χ1) is 19.9. The second-order valence-electron chi connectivity index (χ2n) is 8.63. The lowest BCUT2D eigenvalue weighted by molar-refractivity contribution is -0.385. The van der Waals surface area contributed by atoms with Gasteiger partial charge in [0.25, 0.3) is 15.7 Å². The van der Waals surface area contributed by atoms with Crippen LogP contribution in [-0.2, 0) is 26.6 Å². The van der Waals surface area contributed by atoms with Crippen LogP contribution in [-0.4, -0.2) is 38.5 Å². The summed E-state index contributed by atoms with van der Waals surface area (Å²) in [6.45, 7) is 1.55. The van der Waals surface area contributed by atoms with E-state index in [1.165, 1.54) is 54.8 Å². The highest BCUT2D eigenvalue weighted by atomic mass is 32.2. The molecule has 4 aromatic rings. The summed E-state index contributed by atoms with van der Waals surface area (Å²) < 4.78 is 61.4. The molecule has 14 nitrogen and oxygen atoms in total. The summed E-state index contributed by atoms with van der Waals surface area (Å²) in [5.74, 6) is -0.934. The summed E-state index contributed by atoms with van der Waals surface area (Å²) in [4.78, 5) is 21.5. The van der Waals surface area contributed by atoms with E-state index in [0.717, 1.165) is 18.2 Å². The Labute approximate surface area is 240 Å². The molecule has 0 saturated heterocycles. The quantitative estimate of drug-likeness (QED) is 0.102. The average molecular weight is 614 g/mol. The lowest BCUT2D eigenvalue weighted by atomic mass is 10.1. The zero-order valence-corrected chi connectivity index (χ0v) is 23.3. The molecule has 0 saturated carbocycles. The number of carboxylic acid groups (broad SMARTS) is 1. The van der Waals surface area contributed by atoms with E-state index in [4.69, 9.17) is 4.42 Å². The first-order valence-electron chi connectivity index (χ1n) is 11.9. The van der Waals surface area contributed by atoms with Crippen LogP contribution in [0, 0.1) is 10.1 Å². The number of nitrogens with zero attached hydrogens (tertiary/aromatic N) is 2. The highest BCUT2D eigenvalue weighted by molar-refractivity contribution is 7.93. The topological polar surface area (TPSA) is 210 Å². The van der Waals surface area contributed by atoms with Gasteiger partial charge < -0.3 is 9.52 Å². The summed E-state index contributed by atoms with van der Waals surface area (Å²) in [5, 5.41) is 24.9. The van der Waals surface area contributed by atoms with Crippen molar-refractivity contribution in [1.82, 2.24) is 4.72 Å². The molecule has 1 aromatic heterocycles. The first-order valence-corrected chi connectivity index (χ1v) is 14.9. The Bertz CT molecular complexity index is 1870. The lowest BCUT2D eigenvalue weighted by Gasteiger charge is -2.14. The molecule has 0 bridgehead atoms. The Balaban J connectivity index is 1.58. The molecule has 0 amide bonds. The van der Waals surface area contributed by atoms with Crippen LogP contribution in [0.3, 0.4) is 0 Å². The highest BCUT2D eigenvalue weighted by Gasteiger charge is 2.24. The molecule has 0 aliphatic carbocycles. The molecule has 0 unspecified atom stereocenters. The maximum Gasteiger partial charge on any atom is 0.337 e. The molecule has 0 aliphatic heterocycles. The van der Waals surface area contributed by atoms with Crippen molar-refractivity contribution in [3.05, 3.63) is 112 Å². The van der Waals surface area contributed by atoms with E-state index in [-0.39, 0.29) is 28.4 Å². The minimum Gasteiger partial charge on any atom is -0.478 e. The number of hydrogen-bond donors (Lipinski definition) is 4. The molecular weight excluding hydrogens is 590 g/mol. The van der Waals surface area contributed by atoms with E-state index in [0.29, 0.717) is 17.0 Å². The maximum absolute atomic E-state index is 13.3. The van der Waals surface area contributed by atoms with Gasteiger partial charge in [-0.2, -0.15) is 5.10 Å². The van der Waals surface area contributed by atoms with Gasteiger partial charge in [0.15, 0.2) is 0 Å². The van der Waals surface area contributed by atoms with Gasteiger partial charge in [-0.3, -0.25) is 20.3 Å². The number of para-hydroxylation sites is 1. The number of sulfonamides is 2. The van der Waals surface area contributed by atoms with Crippen molar-refractivity contribution in [3.8, 4) is 0 Å². The van der Waals surface area contributed by atoms with Gasteiger partial charge in [-0.1, -0.05) is 24.3 Å². The molecule has 0 aliphatic rings. The number of nitro groups is 1. The number of rotatable bonds is 12. The fourth-order valence-electron chi connectivity index (χ4n) is 3.64. The summed E-state index contributed by atoms with van der Waals surface area (Å²) in [7, 11) is -8.37. The minimum absolute atomic E-state index is 0.00460. The van der Waals surface area contributed by atoms with Crippen molar-refractivity contribution in [2.24, 2.45) is 5.10 Å². The second-order valence-corrected chi connectivity index (χ2v) is 12.0. The van der Waals surface area contributed by atoms with Gasteiger partial charge in [-0.05, 0) is 55.0 Å². The van der Waals surface area contributed by atoms with Crippen LogP contribution in [0.25, 0.3) is 0 Å². The lowest BCUT2D eigenvalue weighted by Crippen LogP contribution is -2.23. The number of furan rings is 1. The third kappa shape index (κ3) is 6.98. The number of non-ortho nitro benzene ring substituents is 1. The van der Waals surface area contributed by atoms with Crippen molar-refractivity contribution in [2.45, 2.75) is 23.3 Å². The van der Waals surface area contributed by atoms with Crippen LogP contribution < -0.4 is 14.9 Å². The third-order valence-corrected chi connectivity index (χ3v) is 8.63. The standard InChI is InChI=1S/C26H23N5O9S2/c1-17(18-8-11-21(12-9-18)41(36,37)27-16-20-5-4-14-40-20)28-29-24-13-10-19(31(34)35)15-25(24)42(38,39)30-23-7-3-2-6-22(23)26(32)33/h2-15,27,29-30H,16H2,1H3,(H,32,33)/b28-17+. The molecule has 42 heavy (non-hydrogen) atoms. The maximum atomic E-state index is 13.3. The minimum atomic E-state index is -4.54. The van der Waals surface area contributed by atoms with Crippen molar-refractivity contribution < 1.29 is 36.1 Å². The van der Waals surface area contributed by atoms with E-state index >= 15 is 0 Å². The number of benzene rings is 3. The van der Waals surface area contributed by atoms with Crippen LogP contribution in [0.2, 0.25) is 0 Å². The monoisotopic (exact) mass is 613 g/mol. The number of hydrogen-bond acceptors (Lipinski definition) is 10. The molecule has 4 rings (SSSR count). The largest absolute Gasteiger partial charge is 0.478 e. The van der Waals surface area contributed by atoms with Crippen LogP contribution in [0.4, 0.5) is 17.1 Å². The normalized spacial score (nSPS) is 12.1. The molecule has 16 heteroatoms. The summed E-state index contributed by atoms with van der Waals surface area (Å²) in [6.07, 6.45) is 1.43. The van der Waals surface area contributed by atoms with Gasteiger partial charge in [0.2, 0.25) is 10.0 Å². The Morgan fingerprint density at radius 1 is 0.952 bits per heavy atom. The summed E-state index contributed by atoms with van der Waals surface area (Å²) >= 11 is 0. The Morgan fingerprint density at radius 3 is 2.31 bits per heavy atom. The van der Waals surface area contributed by atoms with Gasteiger partial charge in [0.05, 0.1) is 45.3 Å². The molecule has 0 radical (unpaired) electrons. The Morgan fingerprint density at radius 2 is 1.67 bits per heavy atom. The number of anilines is 2. The van der Waals surface area contributed by atoms with Gasteiger partial charge in [-0.25, -0.2) is 26.4 Å². The number of aromatic carboxylic acids is 1. The summed E-state index contributed by atoms with van der Waals surface area (Å²) in [5.41, 5.74) is 2.17. The fourth-order valence-corrected chi connectivity index (χ4v) is 5.89. The Kier molecular flexibility index (Phi) is 8.70. The summed E-state index contributed by atoms with van der Waals surface area (Å²) in [6, 6.07) is 17.3. The zero-order chi connectivity index (χ0) is 30.5. The number of carboxylic acids is 1. The van der Waals surface area contributed by atoms with Crippen LogP contribution in [0.5, 0.6) is 0 Å². The SMILES string of the molecule is C/C(=N\Nc1ccc([N+](=O)[O-])cc1S(=O)(=O)Nc1ccccc1C(=O)O)c1ccc(S(=O)(=O)NCc2ccco2)cc1. The van der Waals surface area contributed by atoms with Crippen molar-refractivity contribution in [3.63, 3.8) is 0 Å². The molecule has 218 valence electrons. The van der Waals surface area contributed by atoms with Crippen LogP contribution in [0.15, 0.2) is 104 Å². The fraction of sp³-hybridized carbons (Fsp3) is 0.0769. The Hall–Kier alpha value is -5.06. The predicted molar refractivity (Wildman–Crippen MR) is 152 cm³/mol. The number of hydrazone groups is 1. The molecule has 0 atom stereocenters. The van der Waals surface area contributed by atoms with Gasteiger partial charge >= 0.3 is 5.97 Å². The zero-order valence-electron chi connectivity index (χ0n) is 21.7. The van der Waals surface area contributed by atoms with E-state index in [9.17, 15) is 36.9 Å². The number of nitro benzene ring substituents is 1. The van der Waals surface area contributed by atoms with E-state index in [2.05, 4.69) is 20.0 Å². The van der Waals surface area contributed by atoms with E-state index < -0.39 is 41.5 Å². The molecule has 0 spiro atoms. The molecule has 4 N–H and O–H groups in total. The smallest absolute Gasteiger partial charge is 0.337 e. The van der Waals surface area contributed by atoms with Gasteiger partial charge in [0, 0.05) is 12.1 Å². The predicted octanol–water partition coefficient (Wildman–Crippen LogP) is 4.00. The van der Waals surface area contributed by atoms with Crippen molar-refractivity contribution >= 4 is 48.8 Å². The molecule has 3 aromatic carbocycles. The van der Waals surface area contributed by atoms with E-state index in [1.54, 1.807) is 19.1 Å². The first kappa shape index (κ1) is 29.9. The van der Waals surface area contributed by atoms with Crippen LogP contribution in [0.1, 0.15) is 28.6 Å². The second kappa shape index (κ2) is 12.2.